The van der Waals surface area contributed by atoms with Gasteiger partial charge in [-0.3, -0.25) is 0 Å². The van der Waals surface area contributed by atoms with Crippen LogP contribution in [0.2, 0.25) is 0 Å². The largest absolute Gasteiger partial charge is 0.378 e. The highest BCUT2D eigenvalue weighted by Gasteiger charge is 2.41. The maximum absolute atomic E-state index is 13.0. The first-order valence-corrected chi connectivity index (χ1v) is 11.0. The lowest BCUT2D eigenvalue weighted by Crippen LogP contribution is -2.56. The molecule has 1 aromatic heterocycles. The van der Waals surface area contributed by atoms with Gasteiger partial charge in [0.1, 0.15) is 11.7 Å². The van der Waals surface area contributed by atoms with Crippen LogP contribution >= 0.6 is 0 Å². The molecule has 1 saturated heterocycles. The van der Waals surface area contributed by atoms with Crippen molar-refractivity contribution in [1.82, 2.24) is 25.2 Å². The molecule has 1 aliphatic heterocycles. The zero-order valence-electron chi connectivity index (χ0n) is 17.8. The molecule has 1 saturated carbocycles. The molecule has 2 heterocycles. The minimum atomic E-state index is -0.598. The number of ether oxygens (including phenoxy) is 1. The van der Waals surface area contributed by atoms with Gasteiger partial charge in [0.25, 0.3) is 0 Å². The third-order valence-electron chi connectivity index (χ3n) is 6.43. The third-order valence-corrected chi connectivity index (χ3v) is 6.43. The van der Waals surface area contributed by atoms with E-state index in [9.17, 15) is 10.1 Å². The molecule has 2 aliphatic rings. The SMILES string of the molecule is CCCCC(C#N)n1cc(C(C)(NC(=O)N2CCOCC2)C2CCCCC2)nn1. The zero-order valence-corrected chi connectivity index (χ0v) is 17.8. The third kappa shape index (κ3) is 5.08. The molecule has 29 heavy (non-hydrogen) atoms. The molecular weight excluding hydrogens is 368 g/mol. The van der Waals surface area contributed by atoms with Crippen molar-refractivity contribution in [3.8, 4) is 6.07 Å². The van der Waals surface area contributed by atoms with Gasteiger partial charge in [-0.1, -0.05) is 44.2 Å². The molecule has 2 amide bonds. The Labute approximate surface area is 173 Å². The average Bonchev–Trinajstić information content (AvgIpc) is 3.26. The lowest BCUT2D eigenvalue weighted by atomic mass is 9.74. The van der Waals surface area contributed by atoms with Gasteiger partial charge in [-0.25, -0.2) is 9.48 Å². The van der Waals surface area contributed by atoms with Gasteiger partial charge in [-0.15, -0.1) is 5.10 Å². The molecule has 1 aliphatic carbocycles. The monoisotopic (exact) mass is 402 g/mol. The summed E-state index contributed by atoms with van der Waals surface area (Å²) < 4.78 is 7.05. The number of morpholine rings is 1. The number of carbonyl (C=O) groups is 1. The van der Waals surface area contributed by atoms with Crippen LogP contribution in [0.15, 0.2) is 6.20 Å². The van der Waals surface area contributed by atoms with E-state index in [4.69, 9.17) is 4.74 Å². The first-order chi connectivity index (χ1) is 14.1. The smallest absolute Gasteiger partial charge is 0.318 e. The second kappa shape index (κ2) is 10.1. The Kier molecular flexibility index (Phi) is 7.48. The molecular formula is C21H34N6O2. The summed E-state index contributed by atoms with van der Waals surface area (Å²) in [4.78, 5) is 14.8. The van der Waals surface area contributed by atoms with Crippen molar-refractivity contribution < 1.29 is 9.53 Å². The number of rotatable bonds is 7. The lowest BCUT2D eigenvalue weighted by molar-refractivity contribution is 0.0483. The number of nitrogens with zero attached hydrogens (tertiary/aromatic N) is 5. The van der Waals surface area contributed by atoms with Gasteiger partial charge in [0.05, 0.1) is 31.0 Å². The van der Waals surface area contributed by atoms with Crippen molar-refractivity contribution in [3.05, 3.63) is 11.9 Å². The van der Waals surface area contributed by atoms with E-state index >= 15 is 0 Å². The second-order valence-electron chi connectivity index (χ2n) is 8.44. The van der Waals surface area contributed by atoms with E-state index in [1.807, 2.05) is 11.1 Å². The Balaban J connectivity index is 1.83. The summed E-state index contributed by atoms with van der Waals surface area (Å²) in [5.74, 6) is 0.308. The zero-order chi connectivity index (χ0) is 20.7. The molecule has 8 heteroatoms. The number of amides is 2. The molecule has 1 N–H and O–H groups in total. The predicted molar refractivity (Wildman–Crippen MR) is 109 cm³/mol. The molecule has 2 fully saturated rings. The summed E-state index contributed by atoms with van der Waals surface area (Å²) in [7, 11) is 0. The van der Waals surface area contributed by atoms with E-state index in [1.165, 1.54) is 19.3 Å². The molecule has 0 bridgehead atoms. The highest BCUT2D eigenvalue weighted by molar-refractivity contribution is 5.75. The Bertz CT molecular complexity index is 702. The normalized spacial score (nSPS) is 21.2. The summed E-state index contributed by atoms with van der Waals surface area (Å²) in [6.07, 6.45) is 10.3. The van der Waals surface area contributed by atoms with E-state index in [0.29, 0.717) is 32.2 Å². The molecule has 2 atom stereocenters. The van der Waals surface area contributed by atoms with Gasteiger partial charge in [-0.05, 0) is 32.1 Å². The van der Waals surface area contributed by atoms with Crippen molar-refractivity contribution in [2.45, 2.75) is 76.8 Å². The first kappa shape index (κ1) is 21.6. The molecule has 1 aromatic rings. The second-order valence-corrected chi connectivity index (χ2v) is 8.44. The van der Waals surface area contributed by atoms with Crippen LogP contribution < -0.4 is 5.32 Å². The molecule has 8 nitrogen and oxygen atoms in total. The standard InChI is InChI=1S/C21H34N6O2/c1-3-4-10-18(15-22)27-16-19(24-25-27)21(2,17-8-6-5-7-9-17)23-20(28)26-11-13-29-14-12-26/h16-18H,3-14H2,1-2H3,(H,23,28). The van der Waals surface area contributed by atoms with E-state index < -0.39 is 5.54 Å². The quantitative estimate of drug-likeness (QED) is 0.754. The van der Waals surface area contributed by atoms with Crippen LogP contribution in [0.25, 0.3) is 0 Å². The van der Waals surface area contributed by atoms with Crippen molar-refractivity contribution in [3.63, 3.8) is 0 Å². The van der Waals surface area contributed by atoms with Gasteiger partial charge in [-0.2, -0.15) is 5.26 Å². The number of urea groups is 1. The van der Waals surface area contributed by atoms with E-state index in [0.717, 1.165) is 37.8 Å². The summed E-state index contributed by atoms with van der Waals surface area (Å²) in [5.41, 5.74) is 0.154. The van der Waals surface area contributed by atoms with Gasteiger partial charge in [0.15, 0.2) is 0 Å². The molecule has 2 unspecified atom stereocenters. The van der Waals surface area contributed by atoms with Gasteiger partial charge in [0, 0.05) is 13.1 Å². The average molecular weight is 403 g/mol. The molecule has 0 spiro atoms. The number of nitrogens with one attached hydrogen (secondary N) is 1. The van der Waals surface area contributed by atoms with Crippen LogP contribution in [-0.2, 0) is 10.3 Å². The fourth-order valence-electron chi connectivity index (χ4n) is 4.44. The fraction of sp³-hybridized carbons (Fsp3) is 0.810. The summed E-state index contributed by atoms with van der Waals surface area (Å²) in [6.45, 7) is 6.54. The maximum Gasteiger partial charge on any atom is 0.318 e. The minimum Gasteiger partial charge on any atom is -0.378 e. The van der Waals surface area contributed by atoms with E-state index in [-0.39, 0.29) is 12.1 Å². The molecule has 0 aromatic carbocycles. The first-order valence-electron chi connectivity index (χ1n) is 11.0. The molecule has 0 radical (unpaired) electrons. The number of hydrogen-bond donors (Lipinski definition) is 1. The summed E-state index contributed by atoms with van der Waals surface area (Å²) >= 11 is 0. The van der Waals surface area contributed by atoms with E-state index in [2.05, 4.69) is 35.5 Å². The summed E-state index contributed by atoms with van der Waals surface area (Å²) in [5, 5.41) is 21.6. The predicted octanol–water partition coefficient (Wildman–Crippen LogP) is 3.37. The van der Waals surface area contributed by atoms with Crippen LogP contribution in [0.1, 0.15) is 76.9 Å². The highest BCUT2D eigenvalue weighted by atomic mass is 16.5. The minimum absolute atomic E-state index is 0.0706. The Morgan fingerprint density at radius 3 is 2.76 bits per heavy atom. The van der Waals surface area contributed by atoms with Crippen molar-refractivity contribution in [2.75, 3.05) is 26.3 Å². The topological polar surface area (TPSA) is 96.1 Å². The fourth-order valence-corrected chi connectivity index (χ4v) is 4.44. The molecule has 160 valence electrons. The van der Waals surface area contributed by atoms with Crippen LogP contribution in [0.4, 0.5) is 4.79 Å². The lowest BCUT2D eigenvalue weighted by Gasteiger charge is -2.41. The molecule has 3 rings (SSSR count). The van der Waals surface area contributed by atoms with Crippen LogP contribution in [0, 0.1) is 17.2 Å². The van der Waals surface area contributed by atoms with E-state index in [1.54, 1.807) is 4.68 Å². The highest BCUT2D eigenvalue weighted by Crippen LogP contribution is 2.38. The van der Waals surface area contributed by atoms with Crippen LogP contribution in [0.3, 0.4) is 0 Å². The van der Waals surface area contributed by atoms with Crippen molar-refractivity contribution >= 4 is 6.03 Å². The van der Waals surface area contributed by atoms with Crippen molar-refractivity contribution in [1.29, 1.82) is 5.26 Å². The van der Waals surface area contributed by atoms with Crippen molar-refractivity contribution in [2.24, 2.45) is 5.92 Å². The Morgan fingerprint density at radius 2 is 2.10 bits per heavy atom. The van der Waals surface area contributed by atoms with Crippen LogP contribution in [0.5, 0.6) is 0 Å². The number of aromatic nitrogens is 3. The van der Waals surface area contributed by atoms with Crippen LogP contribution in [-0.4, -0.2) is 52.2 Å². The van der Waals surface area contributed by atoms with Gasteiger partial charge in [0.2, 0.25) is 0 Å². The van der Waals surface area contributed by atoms with Gasteiger partial charge >= 0.3 is 6.03 Å². The number of hydrogen-bond acceptors (Lipinski definition) is 5. The van der Waals surface area contributed by atoms with Gasteiger partial charge < -0.3 is 15.0 Å². The maximum atomic E-state index is 13.0. The Morgan fingerprint density at radius 1 is 1.38 bits per heavy atom. The Hall–Kier alpha value is -2.14. The summed E-state index contributed by atoms with van der Waals surface area (Å²) in [6, 6.07) is 1.95. The number of nitriles is 1. The number of carbonyl (C=O) groups excluding carboxylic acids is 1. The number of unbranched alkanes of at least 4 members (excludes halogenated alkanes) is 1.